The number of hydrogen-bond acceptors (Lipinski definition) is 3. The van der Waals surface area contributed by atoms with E-state index in [1.54, 1.807) is 24.2 Å². The average Bonchev–Trinajstić information content (AvgIpc) is 3.04. The number of benzene rings is 1. The predicted molar refractivity (Wildman–Crippen MR) is 86.2 cm³/mol. The van der Waals surface area contributed by atoms with Crippen molar-refractivity contribution < 1.29 is 4.79 Å². The van der Waals surface area contributed by atoms with Gasteiger partial charge in [-0.3, -0.25) is 4.79 Å². The number of thioether (sulfide) groups is 1. The van der Waals surface area contributed by atoms with Crippen LogP contribution in [-0.2, 0) is 4.79 Å². The molecule has 0 aliphatic carbocycles. The standard InChI is InChI=1S/C16H21N3OS/c1-2-14(16-17-10-11-18-16)19-15(20)9-6-12-21-13-7-4-3-5-8-13/h3-5,7-8,10-11,14H,2,6,9,12H2,1H3,(H,17,18)(H,19,20). The molecule has 1 heterocycles. The largest absolute Gasteiger partial charge is 0.347 e. The van der Waals surface area contributed by atoms with Crippen LogP contribution in [0.4, 0.5) is 0 Å². The average molecular weight is 303 g/mol. The second-order valence-corrected chi connectivity index (χ2v) is 5.94. The highest BCUT2D eigenvalue weighted by atomic mass is 32.2. The van der Waals surface area contributed by atoms with Crippen LogP contribution in [0, 0.1) is 0 Å². The Balaban J connectivity index is 1.67. The number of nitrogens with zero attached hydrogens (tertiary/aromatic N) is 1. The number of hydrogen-bond donors (Lipinski definition) is 2. The molecule has 2 aromatic rings. The predicted octanol–water partition coefficient (Wildman–Crippen LogP) is 3.55. The molecule has 112 valence electrons. The van der Waals surface area contributed by atoms with Gasteiger partial charge in [0, 0.05) is 23.7 Å². The molecule has 1 aromatic carbocycles. The van der Waals surface area contributed by atoms with Gasteiger partial charge in [0.05, 0.1) is 6.04 Å². The lowest BCUT2D eigenvalue weighted by Gasteiger charge is -2.14. The Morgan fingerprint density at radius 1 is 1.38 bits per heavy atom. The lowest BCUT2D eigenvalue weighted by atomic mass is 10.2. The van der Waals surface area contributed by atoms with Crippen molar-refractivity contribution in [1.29, 1.82) is 0 Å². The first-order chi connectivity index (χ1) is 10.3. The van der Waals surface area contributed by atoms with Crippen LogP contribution in [0.2, 0.25) is 0 Å². The molecule has 21 heavy (non-hydrogen) atoms. The highest BCUT2D eigenvalue weighted by molar-refractivity contribution is 7.99. The number of aromatic nitrogens is 2. The molecule has 1 aromatic heterocycles. The lowest BCUT2D eigenvalue weighted by molar-refractivity contribution is -0.121. The molecule has 1 atom stereocenters. The SMILES string of the molecule is CCC(NC(=O)CCCSc1ccccc1)c1ncc[nH]1. The fraction of sp³-hybridized carbons (Fsp3) is 0.375. The summed E-state index contributed by atoms with van der Waals surface area (Å²) in [6.07, 6.45) is 5.75. The monoisotopic (exact) mass is 303 g/mol. The molecule has 1 amide bonds. The topological polar surface area (TPSA) is 57.8 Å². The molecule has 2 rings (SSSR count). The van der Waals surface area contributed by atoms with Gasteiger partial charge in [-0.2, -0.15) is 0 Å². The third-order valence-corrected chi connectivity index (χ3v) is 4.25. The van der Waals surface area contributed by atoms with Crippen LogP contribution in [0.3, 0.4) is 0 Å². The summed E-state index contributed by atoms with van der Waals surface area (Å²) in [6, 6.07) is 10.2. The molecule has 0 saturated carbocycles. The summed E-state index contributed by atoms with van der Waals surface area (Å²) in [6.45, 7) is 2.04. The van der Waals surface area contributed by atoms with E-state index in [9.17, 15) is 4.79 Å². The second-order valence-electron chi connectivity index (χ2n) is 4.77. The number of aromatic amines is 1. The fourth-order valence-electron chi connectivity index (χ4n) is 2.04. The Labute approximate surface area is 129 Å². The van der Waals surface area contributed by atoms with Gasteiger partial charge < -0.3 is 10.3 Å². The number of amides is 1. The van der Waals surface area contributed by atoms with E-state index < -0.39 is 0 Å². The first kappa shape index (κ1) is 15.6. The number of nitrogens with one attached hydrogen (secondary N) is 2. The van der Waals surface area contributed by atoms with Crippen molar-refractivity contribution in [2.45, 2.75) is 37.1 Å². The van der Waals surface area contributed by atoms with Crippen molar-refractivity contribution in [3.8, 4) is 0 Å². The minimum Gasteiger partial charge on any atom is -0.347 e. The Morgan fingerprint density at radius 3 is 2.86 bits per heavy atom. The number of H-pyrrole nitrogens is 1. The fourth-order valence-corrected chi connectivity index (χ4v) is 2.91. The van der Waals surface area contributed by atoms with Gasteiger partial charge >= 0.3 is 0 Å². The van der Waals surface area contributed by atoms with Crippen LogP contribution in [0.25, 0.3) is 0 Å². The molecule has 5 heteroatoms. The number of carbonyl (C=O) groups excluding carboxylic acids is 1. The molecule has 0 bridgehead atoms. The molecule has 0 radical (unpaired) electrons. The Kier molecular flexibility index (Phi) is 6.34. The van der Waals surface area contributed by atoms with Crippen LogP contribution in [-0.4, -0.2) is 21.6 Å². The van der Waals surface area contributed by atoms with Gasteiger partial charge in [0.2, 0.25) is 5.91 Å². The highest BCUT2D eigenvalue weighted by Crippen LogP contribution is 2.18. The van der Waals surface area contributed by atoms with Gasteiger partial charge in [0.15, 0.2) is 0 Å². The van der Waals surface area contributed by atoms with E-state index in [1.807, 2.05) is 25.1 Å². The first-order valence-electron chi connectivity index (χ1n) is 7.26. The molecule has 4 nitrogen and oxygen atoms in total. The van der Waals surface area contributed by atoms with E-state index in [1.165, 1.54) is 4.90 Å². The number of imidazole rings is 1. The molecule has 0 saturated heterocycles. The molecular weight excluding hydrogens is 282 g/mol. The van der Waals surface area contributed by atoms with Crippen LogP contribution >= 0.6 is 11.8 Å². The van der Waals surface area contributed by atoms with Crippen molar-refractivity contribution in [1.82, 2.24) is 15.3 Å². The van der Waals surface area contributed by atoms with E-state index in [-0.39, 0.29) is 11.9 Å². The molecule has 0 aliphatic rings. The van der Waals surface area contributed by atoms with Crippen molar-refractivity contribution in [3.63, 3.8) is 0 Å². The van der Waals surface area contributed by atoms with Gasteiger partial charge in [-0.25, -0.2) is 4.98 Å². The summed E-state index contributed by atoms with van der Waals surface area (Å²) >= 11 is 1.79. The van der Waals surface area contributed by atoms with E-state index in [2.05, 4.69) is 27.4 Å². The van der Waals surface area contributed by atoms with Crippen LogP contribution in [0.1, 0.15) is 38.1 Å². The van der Waals surface area contributed by atoms with Gasteiger partial charge in [-0.1, -0.05) is 25.1 Å². The molecule has 0 aliphatic heterocycles. The van der Waals surface area contributed by atoms with Gasteiger partial charge in [-0.05, 0) is 30.7 Å². The van der Waals surface area contributed by atoms with Crippen molar-refractivity contribution in [3.05, 3.63) is 48.5 Å². The molecule has 0 fully saturated rings. The summed E-state index contributed by atoms with van der Waals surface area (Å²) in [5.41, 5.74) is 0. The Bertz CT molecular complexity index is 528. The Morgan fingerprint density at radius 2 is 2.19 bits per heavy atom. The maximum atomic E-state index is 12.0. The zero-order valence-electron chi connectivity index (χ0n) is 12.2. The van der Waals surface area contributed by atoms with Crippen molar-refractivity contribution in [2.24, 2.45) is 0 Å². The minimum atomic E-state index is -0.0192. The summed E-state index contributed by atoms with van der Waals surface area (Å²) < 4.78 is 0. The lowest BCUT2D eigenvalue weighted by Crippen LogP contribution is -2.28. The molecule has 2 N–H and O–H groups in total. The minimum absolute atomic E-state index is 0.0192. The van der Waals surface area contributed by atoms with Crippen LogP contribution in [0.5, 0.6) is 0 Å². The molecular formula is C16H21N3OS. The first-order valence-corrected chi connectivity index (χ1v) is 8.24. The number of rotatable bonds is 8. The van der Waals surface area contributed by atoms with Gasteiger partial charge in [0.25, 0.3) is 0 Å². The quantitative estimate of drug-likeness (QED) is 0.579. The zero-order valence-corrected chi connectivity index (χ0v) is 13.0. The zero-order chi connectivity index (χ0) is 14.9. The van der Waals surface area contributed by atoms with Crippen LogP contribution in [0.15, 0.2) is 47.6 Å². The van der Waals surface area contributed by atoms with E-state index in [4.69, 9.17) is 0 Å². The summed E-state index contributed by atoms with van der Waals surface area (Å²) in [4.78, 5) is 20.5. The Hall–Kier alpha value is -1.75. The van der Waals surface area contributed by atoms with Crippen molar-refractivity contribution in [2.75, 3.05) is 5.75 Å². The summed E-state index contributed by atoms with van der Waals surface area (Å²) in [5, 5.41) is 3.03. The van der Waals surface area contributed by atoms with Gasteiger partial charge in [-0.15, -0.1) is 11.8 Å². The maximum absolute atomic E-state index is 12.0. The third kappa shape index (κ3) is 5.27. The third-order valence-electron chi connectivity index (χ3n) is 3.15. The second kappa shape index (κ2) is 8.52. The van der Waals surface area contributed by atoms with Crippen molar-refractivity contribution >= 4 is 17.7 Å². The van der Waals surface area contributed by atoms with E-state index in [0.29, 0.717) is 6.42 Å². The summed E-state index contributed by atoms with van der Waals surface area (Å²) in [5.74, 6) is 1.87. The van der Waals surface area contributed by atoms with E-state index >= 15 is 0 Å². The van der Waals surface area contributed by atoms with Gasteiger partial charge in [0.1, 0.15) is 5.82 Å². The highest BCUT2D eigenvalue weighted by Gasteiger charge is 2.14. The van der Waals surface area contributed by atoms with Crippen LogP contribution < -0.4 is 5.32 Å². The summed E-state index contributed by atoms with van der Waals surface area (Å²) in [7, 11) is 0. The van der Waals surface area contributed by atoms with E-state index in [0.717, 1.165) is 24.4 Å². The smallest absolute Gasteiger partial charge is 0.220 e. The molecule has 0 spiro atoms. The number of carbonyl (C=O) groups is 1. The maximum Gasteiger partial charge on any atom is 0.220 e. The molecule has 1 unspecified atom stereocenters. The normalized spacial score (nSPS) is 12.0.